The van der Waals surface area contributed by atoms with Crippen molar-refractivity contribution in [2.24, 2.45) is 5.92 Å². The normalized spacial score (nSPS) is 15.0. The number of hydrogen-bond donors (Lipinski definition) is 0. The number of benzene rings is 3. The van der Waals surface area contributed by atoms with Gasteiger partial charge in [-0.25, -0.2) is 0 Å². The van der Waals surface area contributed by atoms with E-state index in [0.717, 1.165) is 5.92 Å². The zero-order chi connectivity index (χ0) is 18.2. The second-order valence-electron chi connectivity index (χ2n) is 8.39. The van der Waals surface area contributed by atoms with Crippen molar-refractivity contribution in [1.82, 2.24) is 0 Å². The topological polar surface area (TPSA) is 0 Å². The van der Waals surface area contributed by atoms with E-state index in [9.17, 15) is 0 Å². The van der Waals surface area contributed by atoms with E-state index in [1.807, 2.05) is 0 Å². The van der Waals surface area contributed by atoms with Gasteiger partial charge in [-0.2, -0.15) is 6.07 Å². The molecule has 0 saturated heterocycles. The SMILES string of the molecule is Cc1ccc(-c2ccc3ccccc3c2)c2cc(CC3CCCCC3)[cH-]c12.[Zr]. The van der Waals surface area contributed by atoms with Crippen molar-refractivity contribution in [3.05, 3.63) is 77.9 Å². The zero-order valence-electron chi connectivity index (χ0n) is 16.7. The van der Waals surface area contributed by atoms with Crippen LogP contribution in [-0.4, -0.2) is 0 Å². The van der Waals surface area contributed by atoms with Crippen LogP contribution in [0.5, 0.6) is 0 Å². The summed E-state index contributed by atoms with van der Waals surface area (Å²) in [5, 5.41) is 5.49. The first kappa shape index (κ1) is 19.7. The molecule has 1 aliphatic rings. The van der Waals surface area contributed by atoms with E-state index in [2.05, 4.69) is 73.7 Å². The van der Waals surface area contributed by atoms with Crippen LogP contribution in [0.1, 0.15) is 43.2 Å². The summed E-state index contributed by atoms with van der Waals surface area (Å²) in [4.78, 5) is 0. The molecule has 0 bridgehead atoms. The van der Waals surface area contributed by atoms with Gasteiger partial charge in [0.2, 0.25) is 0 Å². The molecule has 0 nitrogen and oxygen atoms in total. The van der Waals surface area contributed by atoms with Gasteiger partial charge in [0.05, 0.1) is 0 Å². The van der Waals surface area contributed by atoms with E-state index < -0.39 is 0 Å². The van der Waals surface area contributed by atoms with Crippen LogP contribution in [0.3, 0.4) is 0 Å². The molecule has 1 heteroatoms. The van der Waals surface area contributed by atoms with Gasteiger partial charge in [-0.05, 0) is 34.7 Å². The van der Waals surface area contributed by atoms with Crippen molar-refractivity contribution in [3.8, 4) is 11.1 Å². The van der Waals surface area contributed by atoms with Crippen LogP contribution < -0.4 is 0 Å². The molecule has 0 unspecified atom stereocenters. The van der Waals surface area contributed by atoms with Gasteiger partial charge in [0.25, 0.3) is 0 Å². The van der Waals surface area contributed by atoms with Crippen LogP contribution in [-0.2, 0) is 32.6 Å². The predicted octanol–water partition coefficient (Wildman–Crippen LogP) is 7.81. The minimum absolute atomic E-state index is 0. The Morgan fingerprint density at radius 1 is 0.857 bits per heavy atom. The molecule has 0 spiro atoms. The van der Waals surface area contributed by atoms with Gasteiger partial charge in [-0.3, -0.25) is 0 Å². The molecular weight excluding hydrogens is 416 g/mol. The molecular formula is C27H27Zr-. The van der Waals surface area contributed by atoms with Crippen LogP contribution in [0.2, 0.25) is 0 Å². The third-order valence-corrected chi connectivity index (χ3v) is 6.47. The number of rotatable bonds is 3. The van der Waals surface area contributed by atoms with Gasteiger partial charge < -0.3 is 0 Å². The Kier molecular flexibility index (Phi) is 5.93. The molecule has 0 radical (unpaired) electrons. The molecule has 5 rings (SSSR count). The van der Waals surface area contributed by atoms with E-state index >= 15 is 0 Å². The third kappa shape index (κ3) is 3.79. The van der Waals surface area contributed by atoms with Gasteiger partial charge in [0.15, 0.2) is 0 Å². The minimum atomic E-state index is 0. The number of aryl methyl sites for hydroxylation is 1. The largest absolute Gasteiger partial charge is 0.164 e. The summed E-state index contributed by atoms with van der Waals surface area (Å²) in [6, 6.07) is 25.0. The fourth-order valence-electron chi connectivity index (χ4n) is 4.96. The van der Waals surface area contributed by atoms with Gasteiger partial charge in [-0.15, -0.1) is 34.0 Å². The molecule has 4 aromatic carbocycles. The summed E-state index contributed by atoms with van der Waals surface area (Å²) in [7, 11) is 0. The summed E-state index contributed by atoms with van der Waals surface area (Å²) >= 11 is 0. The first-order valence-corrected chi connectivity index (χ1v) is 10.5. The molecule has 0 aromatic heterocycles. The average Bonchev–Trinajstić information content (AvgIpc) is 3.13. The van der Waals surface area contributed by atoms with Crippen molar-refractivity contribution >= 4 is 21.5 Å². The van der Waals surface area contributed by atoms with Gasteiger partial charge in [0, 0.05) is 26.2 Å². The second-order valence-corrected chi connectivity index (χ2v) is 8.39. The quantitative estimate of drug-likeness (QED) is 0.284. The Labute approximate surface area is 187 Å². The van der Waals surface area contributed by atoms with E-state index in [4.69, 9.17) is 0 Å². The zero-order valence-corrected chi connectivity index (χ0v) is 19.1. The van der Waals surface area contributed by atoms with Crippen molar-refractivity contribution in [2.75, 3.05) is 0 Å². The van der Waals surface area contributed by atoms with E-state index in [-0.39, 0.29) is 26.2 Å². The molecule has 1 saturated carbocycles. The minimum Gasteiger partial charge on any atom is -0.164 e. The molecule has 0 N–H and O–H groups in total. The Morgan fingerprint density at radius 3 is 2.46 bits per heavy atom. The van der Waals surface area contributed by atoms with Crippen molar-refractivity contribution in [1.29, 1.82) is 0 Å². The molecule has 0 atom stereocenters. The van der Waals surface area contributed by atoms with Crippen LogP contribution in [0.15, 0.2) is 66.7 Å². The van der Waals surface area contributed by atoms with Crippen LogP contribution in [0.4, 0.5) is 0 Å². The van der Waals surface area contributed by atoms with E-state index in [1.54, 1.807) is 0 Å². The molecule has 4 aromatic rings. The summed E-state index contributed by atoms with van der Waals surface area (Å²) in [6.45, 7) is 2.25. The van der Waals surface area contributed by atoms with Gasteiger partial charge in [-0.1, -0.05) is 87.1 Å². The first-order chi connectivity index (χ1) is 13.3. The summed E-state index contributed by atoms with van der Waals surface area (Å²) in [5.74, 6) is 0.889. The Hall–Kier alpha value is -1.59. The fraction of sp³-hybridized carbons (Fsp3) is 0.296. The molecule has 28 heavy (non-hydrogen) atoms. The maximum atomic E-state index is 2.47. The number of fused-ring (bicyclic) bond motifs is 2. The third-order valence-electron chi connectivity index (χ3n) is 6.47. The van der Waals surface area contributed by atoms with Crippen molar-refractivity contribution in [3.63, 3.8) is 0 Å². The monoisotopic (exact) mass is 441 g/mol. The van der Waals surface area contributed by atoms with Gasteiger partial charge >= 0.3 is 0 Å². The van der Waals surface area contributed by atoms with Gasteiger partial charge in [0.1, 0.15) is 0 Å². The predicted molar refractivity (Wildman–Crippen MR) is 117 cm³/mol. The standard InChI is InChI=1S/C27H27.Zr/c1-19-11-14-25(24-13-12-22-9-5-6-10-23(22)18-24)27-17-21(16-26(19)27)15-20-7-3-2-4-8-20;/h5-6,9-14,16-18,20H,2-4,7-8,15H2,1H3;/q-1;. The Bertz CT molecular complexity index is 1100. The molecule has 0 aliphatic heterocycles. The summed E-state index contributed by atoms with van der Waals surface area (Å²) < 4.78 is 0. The van der Waals surface area contributed by atoms with E-state index in [0.29, 0.717) is 0 Å². The van der Waals surface area contributed by atoms with Crippen LogP contribution in [0, 0.1) is 12.8 Å². The average molecular weight is 443 g/mol. The van der Waals surface area contributed by atoms with Crippen LogP contribution >= 0.6 is 0 Å². The van der Waals surface area contributed by atoms with E-state index in [1.165, 1.54) is 82.3 Å². The maximum absolute atomic E-state index is 2.47. The Balaban J connectivity index is 0.00000192. The summed E-state index contributed by atoms with van der Waals surface area (Å²) in [6.07, 6.45) is 8.37. The van der Waals surface area contributed by atoms with Crippen molar-refractivity contribution < 1.29 is 26.2 Å². The smallest absolute Gasteiger partial charge is 0 e. The fourth-order valence-corrected chi connectivity index (χ4v) is 4.96. The Morgan fingerprint density at radius 2 is 1.64 bits per heavy atom. The molecule has 0 amide bonds. The first-order valence-electron chi connectivity index (χ1n) is 10.5. The molecule has 0 heterocycles. The molecule has 140 valence electrons. The van der Waals surface area contributed by atoms with Crippen LogP contribution in [0.25, 0.3) is 32.7 Å². The maximum Gasteiger partial charge on any atom is 0 e. The summed E-state index contributed by atoms with van der Waals surface area (Å²) in [5.41, 5.74) is 5.63. The number of hydrogen-bond acceptors (Lipinski definition) is 0. The van der Waals surface area contributed by atoms with Crippen molar-refractivity contribution in [2.45, 2.75) is 45.4 Å². The second kappa shape index (κ2) is 8.42. The molecule has 1 fully saturated rings. The molecule has 1 aliphatic carbocycles.